The Morgan fingerprint density at radius 3 is 2.30 bits per heavy atom. The van der Waals surface area contributed by atoms with Crippen molar-refractivity contribution < 1.29 is 14.7 Å². The zero-order valence-corrected chi connectivity index (χ0v) is 10.5. The van der Waals surface area contributed by atoms with E-state index in [0.717, 1.165) is 5.56 Å². The molecular formula is C16H11NO3. The highest BCUT2D eigenvalue weighted by molar-refractivity contribution is 6.34. The van der Waals surface area contributed by atoms with Gasteiger partial charge in [0.2, 0.25) is 0 Å². The van der Waals surface area contributed by atoms with Gasteiger partial charge in [-0.2, -0.15) is 0 Å². The number of carbonyl (C=O) groups excluding carboxylic acids is 2. The van der Waals surface area contributed by atoms with Crippen molar-refractivity contribution in [3.8, 4) is 16.9 Å². The fourth-order valence-electron chi connectivity index (χ4n) is 2.24. The van der Waals surface area contributed by atoms with E-state index < -0.39 is 11.8 Å². The first-order valence-electron chi connectivity index (χ1n) is 6.11. The summed E-state index contributed by atoms with van der Waals surface area (Å²) in [5.74, 6) is -0.729. The minimum absolute atomic E-state index is 0.109. The van der Waals surface area contributed by atoms with Gasteiger partial charge >= 0.3 is 0 Å². The molecule has 2 amide bonds. The summed E-state index contributed by atoms with van der Waals surface area (Å²) < 4.78 is 0. The molecule has 1 heterocycles. The number of carbonyl (C=O) groups is 2. The van der Waals surface area contributed by atoms with Crippen molar-refractivity contribution in [2.45, 2.75) is 0 Å². The standard InChI is InChI=1S/C16H11NO3/c18-11-6-7-12(14-9-15(19)17-16(14)20)13(8-11)10-4-2-1-3-5-10/h1-9,18H,(H,17,19,20). The van der Waals surface area contributed by atoms with Gasteiger partial charge in [0.05, 0.1) is 5.57 Å². The van der Waals surface area contributed by atoms with E-state index in [1.165, 1.54) is 12.1 Å². The summed E-state index contributed by atoms with van der Waals surface area (Å²) in [4.78, 5) is 23.1. The molecule has 4 heteroatoms. The van der Waals surface area contributed by atoms with Crippen LogP contribution >= 0.6 is 0 Å². The van der Waals surface area contributed by atoms with Crippen molar-refractivity contribution in [3.63, 3.8) is 0 Å². The van der Waals surface area contributed by atoms with Crippen LogP contribution in [0.1, 0.15) is 5.56 Å². The summed E-state index contributed by atoms with van der Waals surface area (Å²) in [5.41, 5.74) is 2.51. The molecule has 3 rings (SSSR count). The lowest BCUT2D eigenvalue weighted by molar-refractivity contribution is -0.123. The Balaban J connectivity index is 2.20. The van der Waals surface area contributed by atoms with Crippen LogP contribution in [-0.2, 0) is 9.59 Å². The van der Waals surface area contributed by atoms with Crippen molar-refractivity contribution >= 4 is 17.4 Å². The Morgan fingerprint density at radius 2 is 1.65 bits per heavy atom. The molecule has 2 aromatic carbocycles. The van der Waals surface area contributed by atoms with Gasteiger partial charge in [0.15, 0.2) is 0 Å². The molecular weight excluding hydrogens is 254 g/mol. The van der Waals surface area contributed by atoms with Crippen LogP contribution in [0.5, 0.6) is 5.75 Å². The third kappa shape index (κ3) is 2.07. The van der Waals surface area contributed by atoms with E-state index in [2.05, 4.69) is 5.32 Å². The maximum absolute atomic E-state index is 11.8. The summed E-state index contributed by atoms with van der Waals surface area (Å²) >= 11 is 0. The Bertz CT molecular complexity index is 733. The van der Waals surface area contributed by atoms with Crippen molar-refractivity contribution in [1.29, 1.82) is 0 Å². The molecule has 0 saturated carbocycles. The van der Waals surface area contributed by atoms with Crippen LogP contribution in [0.25, 0.3) is 16.7 Å². The normalized spacial score (nSPS) is 14.1. The van der Waals surface area contributed by atoms with E-state index in [9.17, 15) is 14.7 Å². The number of hydrogen-bond donors (Lipinski definition) is 2. The van der Waals surface area contributed by atoms with Gasteiger partial charge in [0.25, 0.3) is 11.8 Å². The fourth-order valence-corrected chi connectivity index (χ4v) is 2.24. The molecule has 1 aliphatic rings. The molecule has 0 atom stereocenters. The summed E-state index contributed by atoms with van der Waals surface area (Å²) in [5, 5.41) is 11.9. The second-order valence-electron chi connectivity index (χ2n) is 4.47. The molecule has 0 saturated heterocycles. The van der Waals surface area contributed by atoms with Gasteiger partial charge < -0.3 is 5.11 Å². The highest BCUT2D eigenvalue weighted by atomic mass is 16.3. The van der Waals surface area contributed by atoms with Crippen molar-refractivity contribution in [2.75, 3.05) is 0 Å². The lowest BCUT2D eigenvalue weighted by Crippen LogP contribution is -2.21. The van der Waals surface area contributed by atoms with Crippen LogP contribution < -0.4 is 5.32 Å². The smallest absolute Gasteiger partial charge is 0.258 e. The SMILES string of the molecule is O=C1C=C(c2ccc(O)cc2-c2ccccc2)C(=O)N1. The lowest BCUT2D eigenvalue weighted by Gasteiger charge is -2.10. The highest BCUT2D eigenvalue weighted by Crippen LogP contribution is 2.33. The minimum atomic E-state index is -0.419. The molecule has 0 unspecified atom stereocenters. The number of imide groups is 1. The Morgan fingerprint density at radius 1 is 0.900 bits per heavy atom. The summed E-state index contributed by atoms with van der Waals surface area (Å²) in [6, 6.07) is 14.1. The molecule has 2 N–H and O–H groups in total. The molecule has 1 aliphatic heterocycles. The Hall–Kier alpha value is -2.88. The van der Waals surface area contributed by atoms with Crippen molar-refractivity contribution in [2.24, 2.45) is 0 Å². The lowest BCUT2D eigenvalue weighted by atomic mass is 9.94. The van der Waals surface area contributed by atoms with Gasteiger partial charge in [-0.15, -0.1) is 0 Å². The fraction of sp³-hybridized carbons (Fsp3) is 0. The number of benzene rings is 2. The Labute approximate surface area is 115 Å². The molecule has 0 fully saturated rings. The van der Waals surface area contributed by atoms with E-state index in [-0.39, 0.29) is 5.75 Å². The van der Waals surface area contributed by atoms with Crippen LogP contribution in [0.2, 0.25) is 0 Å². The first-order valence-corrected chi connectivity index (χ1v) is 6.11. The molecule has 2 aromatic rings. The second-order valence-corrected chi connectivity index (χ2v) is 4.47. The molecule has 0 aromatic heterocycles. The van der Waals surface area contributed by atoms with Crippen molar-refractivity contribution in [1.82, 2.24) is 5.32 Å². The van der Waals surface area contributed by atoms with E-state index in [1.807, 2.05) is 30.3 Å². The van der Waals surface area contributed by atoms with Crippen LogP contribution in [0, 0.1) is 0 Å². The number of amides is 2. The van der Waals surface area contributed by atoms with Gasteiger partial charge in [0, 0.05) is 6.08 Å². The van der Waals surface area contributed by atoms with Gasteiger partial charge in [-0.1, -0.05) is 30.3 Å². The predicted molar refractivity (Wildman–Crippen MR) is 74.7 cm³/mol. The predicted octanol–water partition coefficient (Wildman–Crippen LogP) is 2.10. The molecule has 98 valence electrons. The summed E-state index contributed by atoms with van der Waals surface area (Å²) in [6.45, 7) is 0. The summed E-state index contributed by atoms with van der Waals surface area (Å²) in [6.07, 6.45) is 1.28. The number of phenolic OH excluding ortho intramolecular Hbond substituents is 1. The van der Waals surface area contributed by atoms with Crippen molar-refractivity contribution in [3.05, 3.63) is 60.2 Å². The van der Waals surface area contributed by atoms with Gasteiger partial charge in [-0.25, -0.2) is 0 Å². The first-order chi connectivity index (χ1) is 9.65. The first kappa shape index (κ1) is 12.2. The number of hydrogen-bond acceptors (Lipinski definition) is 3. The second kappa shape index (κ2) is 4.66. The van der Waals surface area contributed by atoms with Crippen LogP contribution in [0.15, 0.2) is 54.6 Å². The number of rotatable bonds is 2. The zero-order chi connectivity index (χ0) is 14.1. The topological polar surface area (TPSA) is 66.4 Å². The van der Waals surface area contributed by atoms with Crippen LogP contribution in [0.3, 0.4) is 0 Å². The van der Waals surface area contributed by atoms with Crippen LogP contribution in [0.4, 0.5) is 0 Å². The quantitative estimate of drug-likeness (QED) is 0.817. The highest BCUT2D eigenvalue weighted by Gasteiger charge is 2.24. The molecule has 0 aliphatic carbocycles. The Kier molecular flexibility index (Phi) is 2.84. The molecule has 0 bridgehead atoms. The maximum atomic E-state index is 11.8. The van der Waals surface area contributed by atoms with E-state index in [0.29, 0.717) is 16.7 Å². The van der Waals surface area contributed by atoms with E-state index in [1.54, 1.807) is 12.1 Å². The molecule has 0 spiro atoms. The van der Waals surface area contributed by atoms with E-state index >= 15 is 0 Å². The van der Waals surface area contributed by atoms with Crippen LogP contribution in [-0.4, -0.2) is 16.9 Å². The third-order valence-corrected chi connectivity index (χ3v) is 3.13. The average Bonchev–Trinajstić information content (AvgIpc) is 2.78. The van der Waals surface area contributed by atoms with Gasteiger partial charge in [0.1, 0.15) is 5.75 Å². The largest absolute Gasteiger partial charge is 0.508 e. The number of nitrogens with one attached hydrogen (secondary N) is 1. The molecule has 4 nitrogen and oxygen atoms in total. The number of aromatic hydroxyl groups is 1. The van der Waals surface area contributed by atoms with E-state index in [4.69, 9.17) is 0 Å². The number of phenols is 1. The molecule has 20 heavy (non-hydrogen) atoms. The minimum Gasteiger partial charge on any atom is -0.508 e. The third-order valence-electron chi connectivity index (χ3n) is 3.13. The average molecular weight is 265 g/mol. The summed E-state index contributed by atoms with van der Waals surface area (Å²) in [7, 11) is 0. The monoisotopic (exact) mass is 265 g/mol. The molecule has 0 radical (unpaired) electrons. The van der Waals surface area contributed by atoms with Gasteiger partial charge in [-0.3, -0.25) is 14.9 Å². The van der Waals surface area contributed by atoms with Gasteiger partial charge in [-0.05, 0) is 34.9 Å². The maximum Gasteiger partial charge on any atom is 0.258 e. The zero-order valence-electron chi connectivity index (χ0n) is 10.5.